The van der Waals surface area contributed by atoms with Gasteiger partial charge in [-0.25, -0.2) is 4.39 Å². The number of halogens is 2. The minimum absolute atomic E-state index is 0.140. The van der Waals surface area contributed by atoms with Crippen molar-refractivity contribution < 1.29 is 18.7 Å². The van der Waals surface area contributed by atoms with Crippen LogP contribution in [0.5, 0.6) is 0 Å². The van der Waals surface area contributed by atoms with Gasteiger partial charge in [0.15, 0.2) is 0 Å². The van der Waals surface area contributed by atoms with Crippen LogP contribution in [0, 0.1) is 5.82 Å². The molecule has 1 atom stereocenters. The lowest BCUT2D eigenvalue weighted by atomic mass is 10.2. The molecule has 2 N–H and O–H groups in total. The van der Waals surface area contributed by atoms with Crippen molar-refractivity contribution in [2.24, 2.45) is 0 Å². The van der Waals surface area contributed by atoms with Crippen molar-refractivity contribution in [1.82, 2.24) is 10.6 Å². The maximum absolute atomic E-state index is 12.8. The lowest BCUT2D eigenvalue weighted by Crippen LogP contribution is -2.41. The summed E-state index contributed by atoms with van der Waals surface area (Å²) in [6, 6.07) is 9.20. The summed E-state index contributed by atoms with van der Waals surface area (Å²) in [6.07, 6.45) is -0.378. The normalized spacial score (nSPS) is 11.8. The second kappa shape index (κ2) is 8.77. The number of thiophene rings is 1. The number of carbonyl (C=O) groups is 2. The highest BCUT2D eigenvalue weighted by Crippen LogP contribution is 2.28. The van der Waals surface area contributed by atoms with E-state index in [1.807, 2.05) is 6.07 Å². The molecule has 0 fully saturated rings. The number of methoxy groups -OCH3 is 1. The number of benzene rings is 1. The number of nitrogens with one attached hydrogen (secondary N) is 2. The summed E-state index contributed by atoms with van der Waals surface area (Å²) >= 11 is 7.22. The fourth-order valence-corrected chi connectivity index (χ4v) is 3.07. The first-order valence-electron chi connectivity index (χ1n) is 7.08. The molecule has 24 heavy (non-hydrogen) atoms. The van der Waals surface area contributed by atoms with E-state index < -0.39 is 11.8 Å². The Hall–Kier alpha value is -1.96. The van der Waals surface area contributed by atoms with Crippen LogP contribution in [0.15, 0.2) is 36.4 Å². The average Bonchev–Trinajstić information content (AvgIpc) is 3.00. The number of hydrogen-bond donors (Lipinski definition) is 2. The van der Waals surface area contributed by atoms with Gasteiger partial charge in [0, 0.05) is 25.1 Å². The Balaban J connectivity index is 1.80. The minimum Gasteiger partial charge on any atom is -0.374 e. The molecule has 0 aliphatic heterocycles. The molecule has 0 spiro atoms. The summed E-state index contributed by atoms with van der Waals surface area (Å²) in [5.41, 5.74) is 0.695. The van der Waals surface area contributed by atoms with Gasteiger partial charge in [0.05, 0.1) is 4.34 Å². The fraction of sp³-hybridized carbons (Fsp3) is 0.250. The van der Waals surface area contributed by atoms with Crippen molar-refractivity contribution in [3.8, 4) is 0 Å². The van der Waals surface area contributed by atoms with Crippen LogP contribution in [0.2, 0.25) is 4.34 Å². The van der Waals surface area contributed by atoms with Gasteiger partial charge >= 0.3 is 11.8 Å². The SMILES string of the molecule is CO[C@@H](CNC(=O)C(=O)NCc1ccc(F)cc1)c1ccc(Cl)s1. The molecule has 0 aliphatic carbocycles. The molecule has 0 aliphatic rings. The van der Waals surface area contributed by atoms with Crippen molar-refractivity contribution in [3.05, 3.63) is 57.0 Å². The molecule has 1 aromatic heterocycles. The highest BCUT2D eigenvalue weighted by molar-refractivity contribution is 7.16. The van der Waals surface area contributed by atoms with Crippen molar-refractivity contribution >= 4 is 34.8 Å². The summed E-state index contributed by atoms with van der Waals surface area (Å²) in [4.78, 5) is 24.4. The maximum Gasteiger partial charge on any atom is 0.309 e. The molecule has 0 radical (unpaired) electrons. The molecular formula is C16H16ClFN2O3S. The number of hydrogen-bond acceptors (Lipinski definition) is 4. The molecule has 0 saturated carbocycles. The molecule has 1 aromatic carbocycles. The zero-order chi connectivity index (χ0) is 17.5. The lowest BCUT2D eigenvalue weighted by molar-refractivity contribution is -0.139. The van der Waals surface area contributed by atoms with E-state index in [0.29, 0.717) is 9.90 Å². The second-order valence-corrected chi connectivity index (χ2v) is 6.63. The summed E-state index contributed by atoms with van der Waals surface area (Å²) < 4.78 is 18.7. The molecule has 0 unspecified atom stereocenters. The summed E-state index contributed by atoms with van der Waals surface area (Å²) in [7, 11) is 1.51. The Morgan fingerprint density at radius 2 is 1.83 bits per heavy atom. The lowest BCUT2D eigenvalue weighted by Gasteiger charge is -2.14. The first-order valence-corrected chi connectivity index (χ1v) is 8.27. The van der Waals surface area contributed by atoms with E-state index in [9.17, 15) is 14.0 Å². The highest BCUT2D eigenvalue weighted by Gasteiger charge is 2.18. The molecule has 1 heterocycles. The average molecular weight is 371 g/mol. The number of amides is 2. The maximum atomic E-state index is 12.8. The van der Waals surface area contributed by atoms with Gasteiger partial charge in [-0.2, -0.15) is 0 Å². The Morgan fingerprint density at radius 1 is 1.17 bits per heavy atom. The van der Waals surface area contributed by atoms with Crippen LogP contribution >= 0.6 is 22.9 Å². The minimum atomic E-state index is -0.765. The topological polar surface area (TPSA) is 67.4 Å². The van der Waals surface area contributed by atoms with Crippen LogP contribution < -0.4 is 10.6 Å². The van der Waals surface area contributed by atoms with Crippen LogP contribution in [0.1, 0.15) is 16.5 Å². The summed E-state index contributed by atoms with van der Waals surface area (Å²) in [6.45, 7) is 0.289. The third-order valence-corrected chi connectivity index (χ3v) is 4.54. The first kappa shape index (κ1) is 18.4. The number of carbonyl (C=O) groups excluding carboxylic acids is 2. The van der Waals surface area contributed by atoms with Crippen molar-refractivity contribution in [3.63, 3.8) is 0 Å². The van der Waals surface area contributed by atoms with Gasteiger partial charge in [0.25, 0.3) is 0 Å². The van der Waals surface area contributed by atoms with Gasteiger partial charge in [-0.15, -0.1) is 11.3 Å². The Bertz CT molecular complexity index is 706. The van der Waals surface area contributed by atoms with Crippen LogP contribution in [0.25, 0.3) is 0 Å². The molecule has 8 heteroatoms. The van der Waals surface area contributed by atoms with Gasteiger partial charge in [-0.05, 0) is 29.8 Å². The van der Waals surface area contributed by atoms with E-state index >= 15 is 0 Å². The van der Waals surface area contributed by atoms with Gasteiger partial charge in [-0.1, -0.05) is 23.7 Å². The van der Waals surface area contributed by atoms with Gasteiger partial charge < -0.3 is 15.4 Å². The predicted molar refractivity (Wildman–Crippen MR) is 90.3 cm³/mol. The summed E-state index contributed by atoms with van der Waals surface area (Å²) in [5, 5.41) is 4.99. The van der Waals surface area contributed by atoms with E-state index in [0.717, 1.165) is 4.88 Å². The van der Waals surface area contributed by atoms with E-state index in [4.69, 9.17) is 16.3 Å². The van der Waals surface area contributed by atoms with Crippen molar-refractivity contribution in [2.45, 2.75) is 12.6 Å². The van der Waals surface area contributed by atoms with Crippen LogP contribution in [-0.4, -0.2) is 25.5 Å². The number of rotatable bonds is 6. The smallest absolute Gasteiger partial charge is 0.309 e. The number of ether oxygens (including phenoxy) is 1. The second-order valence-electron chi connectivity index (χ2n) is 4.89. The van der Waals surface area contributed by atoms with Gasteiger partial charge in [-0.3, -0.25) is 9.59 Å². The molecule has 5 nitrogen and oxygen atoms in total. The Kier molecular flexibility index (Phi) is 6.72. The Labute approximate surface area is 147 Å². The van der Waals surface area contributed by atoms with Crippen LogP contribution in [-0.2, 0) is 20.9 Å². The standard InChI is InChI=1S/C16H16ClFN2O3S/c1-23-12(13-6-7-14(17)24-13)9-20-16(22)15(21)19-8-10-2-4-11(18)5-3-10/h2-7,12H,8-9H2,1H3,(H,19,21)(H,20,22)/t12-/m0/s1. The van der Waals surface area contributed by atoms with Crippen LogP contribution in [0.4, 0.5) is 4.39 Å². The largest absolute Gasteiger partial charge is 0.374 e. The van der Waals surface area contributed by atoms with E-state index in [1.165, 1.54) is 42.7 Å². The molecular weight excluding hydrogens is 355 g/mol. The van der Waals surface area contributed by atoms with E-state index in [1.54, 1.807) is 6.07 Å². The van der Waals surface area contributed by atoms with Gasteiger partial charge in [0.1, 0.15) is 11.9 Å². The monoisotopic (exact) mass is 370 g/mol. The Morgan fingerprint density at radius 3 is 2.42 bits per heavy atom. The third-order valence-electron chi connectivity index (χ3n) is 3.22. The molecule has 0 bridgehead atoms. The highest BCUT2D eigenvalue weighted by atomic mass is 35.5. The molecule has 128 valence electrons. The van der Waals surface area contributed by atoms with Crippen molar-refractivity contribution in [1.29, 1.82) is 0 Å². The fourth-order valence-electron chi connectivity index (χ4n) is 1.93. The van der Waals surface area contributed by atoms with E-state index in [-0.39, 0.29) is 25.0 Å². The summed E-state index contributed by atoms with van der Waals surface area (Å²) in [5.74, 6) is -1.89. The first-order chi connectivity index (χ1) is 11.5. The third kappa shape index (κ3) is 5.30. The van der Waals surface area contributed by atoms with Gasteiger partial charge in [0.2, 0.25) is 0 Å². The molecule has 2 aromatic rings. The molecule has 2 rings (SSSR count). The van der Waals surface area contributed by atoms with Crippen molar-refractivity contribution in [2.75, 3.05) is 13.7 Å². The predicted octanol–water partition coefficient (Wildman–Crippen LogP) is 2.66. The quantitative estimate of drug-likeness (QED) is 0.768. The zero-order valence-corrected chi connectivity index (χ0v) is 14.4. The van der Waals surface area contributed by atoms with Crippen LogP contribution in [0.3, 0.4) is 0 Å². The van der Waals surface area contributed by atoms with E-state index in [2.05, 4.69) is 10.6 Å². The zero-order valence-electron chi connectivity index (χ0n) is 12.8. The molecule has 0 saturated heterocycles. The molecule has 2 amide bonds.